The third kappa shape index (κ3) is 4.32. The van der Waals surface area contributed by atoms with E-state index < -0.39 is 0 Å². The molecule has 1 aromatic heterocycles. The van der Waals surface area contributed by atoms with Gasteiger partial charge < -0.3 is 5.32 Å². The number of aryl methyl sites for hydroxylation is 1. The second-order valence-corrected chi connectivity index (χ2v) is 5.90. The van der Waals surface area contributed by atoms with Crippen molar-refractivity contribution in [2.24, 2.45) is 5.92 Å². The molecule has 1 rings (SSSR count). The van der Waals surface area contributed by atoms with Gasteiger partial charge in [-0.05, 0) is 31.7 Å². The summed E-state index contributed by atoms with van der Waals surface area (Å²) in [4.78, 5) is 0. The van der Waals surface area contributed by atoms with Crippen molar-refractivity contribution in [3.63, 3.8) is 0 Å². The number of nitrogens with zero attached hydrogens (tertiary/aromatic N) is 2. The van der Waals surface area contributed by atoms with Gasteiger partial charge in [0.15, 0.2) is 0 Å². The minimum Gasteiger partial charge on any atom is -0.310 e. The van der Waals surface area contributed by atoms with Gasteiger partial charge in [-0.3, -0.25) is 4.68 Å². The van der Waals surface area contributed by atoms with Crippen molar-refractivity contribution in [1.82, 2.24) is 15.1 Å². The molecule has 1 N–H and O–H groups in total. The molecule has 0 bridgehead atoms. The Morgan fingerprint density at radius 3 is 2.05 bits per heavy atom. The molecule has 1 unspecified atom stereocenters. The number of aromatic nitrogens is 2. The Balaban J connectivity index is 3.19. The van der Waals surface area contributed by atoms with E-state index in [-0.39, 0.29) is 0 Å². The highest BCUT2D eigenvalue weighted by molar-refractivity contribution is 5.30. The van der Waals surface area contributed by atoms with Crippen LogP contribution in [0.1, 0.15) is 83.8 Å². The zero-order valence-electron chi connectivity index (χ0n) is 15.0. The fraction of sp³-hybridized carbons (Fsp3) is 0.833. The molecular weight excluding hydrogens is 258 g/mol. The van der Waals surface area contributed by atoms with Gasteiger partial charge in [-0.1, -0.05) is 54.4 Å². The lowest BCUT2D eigenvalue weighted by Gasteiger charge is -2.19. The van der Waals surface area contributed by atoms with E-state index in [9.17, 15) is 0 Å². The maximum atomic E-state index is 4.96. The fourth-order valence-electron chi connectivity index (χ4n) is 3.24. The summed E-state index contributed by atoms with van der Waals surface area (Å²) in [5.74, 6) is 0.743. The van der Waals surface area contributed by atoms with Crippen molar-refractivity contribution < 1.29 is 0 Å². The van der Waals surface area contributed by atoms with Crippen LogP contribution >= 0.6 is 0 Å². The minimum absolute atomic E-state index is 0.454. The van der Waals surface area contributed by atoms with Crippen LogP contribution in [0.4, 0.5) is 0 Å². The van der Waals surface area contributed by atoms with Crippen LogP contribution in [0, 0.1) is 5.92 Å². The van der Waals surface area contributed by atoms with Crippen molar-refractivity contribution in [1.29, 1.82) is 0 Å². The van der Waals surface area contributed by atoms with Gasteiger partial charge in [-0.15, -0.1) is 0 Å². The fourth-order valence-corrected chi connectivity index (χ4v) is 3.24. The molecule has 1 heterocycles. The average molecular weight is 293 g/mol. The Morgan fingerprint density at radius 2 is 1.62 bits per heavy atom. The number of rotatable bonds is 10. The SMILES string of the molecule is CCNC(CC)c1c(CC)nn(CC(CC)CC)c1CC. The van der Waals surface area contributed by atoms with Crippen LogP contribution in [0.2, 0.25) is 0 Å². The van der Waals surface area contributed by atoms with Crippen molar-refractivity contribution in [3.8, 4) is 0 Å². The molecule has 1 aromatic rings. The maximum Gasteiger partial charge on any atom is 0.0672 e. The van der Waals surface area contributed by atoms with Crippen LogP contribution in [0.25, 0.3) is 0 Å². The van der Waals surface area contributed by atoms with Crippen LogP contribution in [0.3, 0.4) is 0 Å². The standard InChI is InChI=1S/C18H35N3/c1-7-14(8-2)13-21-17(11-5)18(16(10-4)20-21)15(9-3)19-12-6/h14-15,19H,7-13H2,1-6H3. The van der Waals surface area contributed by atoms with Crippen molar-refractivity contribution >= 4 is 0 Å². The van der Waals surface area contributed by atoms with Crippen LogP contribution in [0.5, 0.6) is 0 Å². The van der Waals surface area contributed by atoms with Gasteiger partial charge in [-0.2, -0.15) is 5.10 Å². The third-order valence-corrected chi connectivity index (χ3v) is 4.64. The Hall–Kier alpha value is -0.830. The second-order valence-electron chi connectivity index (χ2n) is 5.90. The molecule has 0 spiro atoms. The molecule has 0 amide bonds. The van der Waals surface area contributed by atoms with E-state index >= 15 is 0 Å². The topological polar surface area (TPSA) is 29.9 Å². The Bertz CT molecular complexity index is 405. The first-order valence-corrected chi connectivity index (χ1v) is 8.98. The van der Waals surface area contributed by atoms with Crippen molar-refractivity contribution in [2.75, 3.05) is 6.54 Å². The molecule has 0 aromatic carbocycles. The summed E-state index contributed by atoms with van der Waals surface area (Å²) in [6.45, 7) is 15.6. The van der Waals surface area contributed by atoms with Gasteiger partial charge in [0.25, 0.3) is 0 Å². The Morgan fingerprint density at radius 1 is 0.952 bits per heavy atom. The first kappa shape index (κ1) is 18.2. The largest absolute Gasteiger partial charge is 0.310 e. The van der Waals surface area contributed by atoms with E-state index in [0.717, 1.165) is 38.3 Å². The number of hydrogen-bond acceptors (Lipinski definition) is 2. The summed E-state index contributed by atoms with van der Waals surface area (Å²) in [6, 6.07) is 0.454. The van der Waals surface area contributed by atoms with E-state index in [4.69, 9.17) is 5.10 Å². The first-order valence-electron chi connectivity index (χ1n) is 8.98. The van der Waals surface area contributed by atoms with Gasteiger partial charge in [0.2, 0.25) is 0 Å². The molecule has 0 aliphatic carbocycles. The maximum absolute atomic E-state index is 4.96. The molecule has 21 heavy (non-hydrogen) atoms. The summed E-state index contributed by atoms with van der Waals surface area (Å²) < 4.78 is 2.31. The highest BCUT2D eigenvalue weighted by atomic mass is 15.3. The summed E-state index contributed by atoms with van der Waals surface area (Å²) in [5.41, 5.74) is 4.23. The lowest BCUT2D eigenvalue weighted by Crippen LogP contribution is -2.22. The van der Waals surface area contributed by atoms with E-state index in [2.05, 4.69) is 51.5 Å². The zero-order valence-corrected chi connectivity index (χ0v) is 15.0. The summed E-state index contributed by atoms with van der Waals surface area (Å²) in [5, 5.41) is 8.60. The van der Waals surface area contributed by atoms with Gasteiger partial charge in [0.05, 0.1) is 5.69 Å². The molecule has 0 radical (unpaired) electrons. The first-order chi connectivity index (χ1) is 10.2. The van der Waals surface area contributed by atoms with E-state index in [0.29, 0.717) is 6.04 Å². The molecule has 0 aliphatic heterocycles. The lowest BCUT2D eigenvalue weighted by molar-refractivity contribution is 0.386. The second kappa shape index (κ2) is 9.24. The molecule has 0 saturated heterocycles. The molecule has 122 valence electrons. The van der Waals surface area contributed by atoms with Crippen molar-refractivity contribution in [2.45, 2.75) is 86.2 Å². The van der Waals surface area contributed by atoms with Crippen LogP contribution < -0.4 is 5.32 Å². The van der Waals surface area contributed by atoms with E-state index in [1.165, 1.54) is 29.8 Å². The molecular formula is C18H35N3. The lowest BCUT2D eigenvalue weighted by atomic mass is 9.98. The predicted octanol–water partition coefficient (Wildman–Crippen LogP) is 4.50. The molecule has 3 nitrogen and oxygen atoms in total. The molecule has 0 saturated carbocycles. The third-order valence-electron chi connectivity index (χ3n) is 4.64. The molecule has 1 atom stereocenters. The normalized spacial score (nSPS) is 13.1. The molecule has 3 heteroatoms. The Kier molecular flexibility index (Phi) is 8.02. The monoisotopic (exact) mass is 293 g/mol. The minimum atomic E-state index is 0.454. The van der Waals surface area contributed by atoms with Crippen LogP contribution in [-0.2, 0) is 19.4 Å². The Labute approximate surface area is 131 Å². The van der Waals surface area contributed by atoms with Gasteiger partial charge in [-0.25, -0.2) is 0 Å². The summed E-state index contributed by atoms with van der Waals surface area (Å²) in [6.07, 6.45) is 5.70. The van der Waals surface area contributed by atoms with Crippen LogP contribution in [-0.4, -0.2) is 16.3 Å². The van der Waals surface area contributed by atoms with E-state index in [1.54, 1.807) is 0 Å². The van der Waals surface area contributed by atoms with Crippen LogP contribution in [0.15, 0.2) is 0 Å². The van der Waals surface area contributed by atoms with Gasteiger partial charge in [0.1, 0.15) is 0 Å². The highest BCUT2D eigenvalue weighted by Gasteiger charge is 2.22. The number of nitrogens with one attached hydrogen (secondary N) is 1. The highest BCUT2D eigenvalue weighted by Crippen LogP contribution is 2.27. The summed E-state index contributed by atoms with van der Waals surface area (Å²) >= 11 is 0. The van der Waals surface area contributed by atoms with Gasteiger partial charge >= 0.3 is 0 Å². The zero-order chi connectivity index (χ0) is 15.8. The van der Waals surface area contributed by atoms with Crippen molar-refractivity contribution in [3.05, 3.63) is 17.0 Å². The average Bonchev–Trinajstić information content (AvgIpc) is 2.87. The van der Waals surface area contributed by atoms with E-state index in [1.807, 2.05) is 0 Å². The molecule has 0 aliphatic rings. The smallest absolute Gasteiger partial charge is 0.0672 e. The summed E-state index contributed by atoms with van der Waals surface area (Å²) in [7, 11) is 0. The quantitative estimate of drug-likeness (QED) is 0.688. The van der Waals surface area contributed by atoms with Gasteiger partial charge in [0, 0.05) is 23.8 Å². The molecule has 0 fully saturated rings. The predicted molar refractivity (Wildman–Crippen MR) is 91.8 cm³/mol. The number of hydrogen-bond donors (Lipinski definition) is 1.